The standard InChI is InChI=1S/C28H32N2/c1-3-9-24(10-4-1)21-29-19-7-17-28(23-29)18-8-20-30(28)22-25-13-15-27(16-14-25)26-11-5-2-6-12-26/h1-6,9-16H,7-8,17-23H2. The minimum atomic E-state index is 0.366. The van der Waals surface area contributed by atoms with Gasteiger partial charge in [-0.05, 0) is 61.0 Å². The van der Waals surface area contributed by atoms with Gasteiger partial charge >= 0.3 is 0 Å². The lowest BCUT2D eigenvalue weighted by Crippen LogP contribution is -2.55. The number of benzene rings is 3. The van der Waals surface area contributed by atoms with Crippen LogP contribution in [-0.4, -0.2) is 35.0 Å². The summed E-state index contributed by atoms with van der Waals surface area (Å²) in [7, 11) is 0. The van der Waals surface area contributed by atoms with Gasteiger partial charge in [-0.1, -0.05) is 84.9 Å². The van der Waals surface area contributed by atoms with Gasteiger partial charge in [-0.25, -0.2) is 0 Å². The summed E-state index contributed by atoms with van der Waals surface area (Å²) in [4.78, 5) is 5.48. The molecule has 0 bridgehead atoms. The van der Waals surface area contributed by atoms with Crippen LogP contribution in [0.3, 0.4) is 0 Å². The topological polar surface area (TPSA) is 6.48 Å². The molecule has 2 heteroatoms. The van der Waals surface area contributed by atoms with Crippen molar-refractivity contribution >= 4 is 0 Å². The Morgan fingerprint density at radius 1 is 0.600 bits per heavy atom. The molecule has 2 nitrogen and oxygen atoms in total. The van der Waals surface area contributed by atoms with E-state index in [1.54, 1.807) is 0 Å². The fraction of sp³-hybridized carbons (Fsp3) is 0.357. The molecule has 30 heavy (non-hydrogen) atoms. The Labute approximate surface area is 181 Å². The second-order valence-electron chi connectivity index (χ2n) is 9.11. The van der Waals surface area contributed by atoms with Crippen LogP contribution in [0.1, 0.15) is 36.8 Å². The lowest BCUT2D eigenvalue weighted by Gasteiger charge is -2.46. The molecule has 3 aromatic carbocycles. The molecule has 2 fully saturated rings. The maximum absolute atomic E-state index is 2.79. The van der Waals surface area contributed by atoms with Gasteiger partial charge in [0.2, 0.25) is 0 Å². The van der Waals surface area contributed by atoms with Gasteiger partial charge in [0.05, 0.1) is 0 Å². The van der Waals surface area contributed by atoms with E-state index >= 15 is 0 Å². The molecule has 1 unspecified atom stereocenters. The third kappa shape index (κ3) is 4.21. The average molecular weight is 397 g/mol. The minimum Gasteiger partial charge on any atom is -0.297 e. The van der Waals surface area contributed by atoms with Gasteiger partial charge in [-0.2, -0.15) is 0 Å². The first-order chi connectivity index (χ1) is 14.8. The van der Waals surface area contributed by atoms with E-state index in [0.29, 0.717) is 5.54 Å². The summed E-state index contributed by atoms with van der Waals surface area (Å²) in [6.45, 7) is 5.84. The molecular weight excluding hydrogens is 364 g/mol. The molecule has 2 saturated heterocycles. The molecule has 3 aromatic rings. The highest BCUT2D eigenvalue weighted by atomic mass is 15.3. The van der Waals surface area contributed by atoms with Gasteiger partial charge in [0.15, 0.2) is 0 Å². The van der Waals surface area contributed by atoms with E-state index in [9.17, 15) is 0 Å². The van der Waals surface area contributed by atoms with Gasteiger partial charge < -0.3 is 0 Å². The number of piperidine rings is 1. The zero-order valence-corrected chi connectivity index (χ0v) is 17.8. The molecule has 154 valence electrons. The van der Waals surface area contributed by atoms with Crippen molar-refractivity contribution in [3.63, 3.8) is 0 Å². The lowest BCUT2D eigenvalue weighted by atomic mass is 9.86. The van der Waals surface area contributed by atoms with E-state index in [2.05, 4.69) is 94.7 Å². The van der Waals surface area contributed by atoms with Crippen LogP contribution in [-0.2, 0) is 13.1 Å². The third-order valence-corrected chi connectivity index (χ3v) is 7.06. The largest absolute Gasteiger partial charge is 0.297 e. The summed E-state index contributed by atoms with van der Waals surface area (Å²) in [5, 5.41) is 0. The van der Waals surface area contributed by atoms with Crippen LogP contribution >= 0.6 is 0 Å². The van der Waals surface area contributed by atoms with E-state index in [0.717, 1.165) is 13.1 Å². The van der Waals surface area contributed by atoms with Crippen LogP contribution in [0.4, 0.5) is 0 Å². The Hall–Kier alpha value is -2.42. The number of hydrogen-bond acceptors (Lipinski definition) is 2. The smallest absolute Gasteiger partial charge is 0.0341 e. The number of nitrogens with zero attached hydrogens (tertiary/aromatic N) is 2. The zero-order valence-electron chi connectivity index (χ0n) is 17.8. The molecule has 1 spiro atoms. The van der Waals surface area contributed by atoms with Crippen LogP contribution < -0.4 is 0 Å². The summed E-state index contributed by atoms with van der Waals surface area (Å²) in [6, 6.07) is 30.9. The summed E-state index contributed by atoms with van der Waals surface area (Å²) in [5.74, 6) is 0. The van der Waals surface area contributed by atoms with Gasteiger partial charge in [0, 0.05) is 25.2 Å². The molecule has 2 aliphatic rings. The summed E-state index contributed by atoms with van der Waals surface area (Å²) >= 11 is 0. The zero-order chi connectivity index (χ0) is 20.2. The van der Waals surface area contributed by atoms with Crippen molar-refractivity contribution in [3.05, 3.63) is 96.1 Å². The van der Waals surface area contributed by atoms with Crippen molar-refractivity contribution < 1.29 is 0 Å². The molecule has 0 radical (unpaired) electrons. The van der Waals surface area contributed by atoms with Crippen LogP contribution in [0.2, 0.25) is 0 Å². The predicted molar refractivity (Wildman–Crippen MR) is 125 cm³/mol. The maximum Gasteiger partial charge on any atom is 0.0341 e. The van der Waals surface area contributed by atoms with Crippen molar-refractivity contribution in [3.8, 4) is 11.1 Å². The molecule has 0 N–H and O–H groups in total. The molecule has 2 heterocycles. The molecule has 2 aliphatic heterocycles. The van der Waals surface area contributed by atoms with E-state index in [1.165, 1.54) is 67.6 Å². The van der Waals surface area contributed by atoms with Crippen molar-refractivity contribution in [1.29, 1.82) is 0 Å². The van der Waals surface area contributed by atoms with Crippen molar-refractivity contribution in [2.45, 2.75) is 44.3 Å². The number of hydrogen-bond donors (Lipinski definition) is 0. The van der Waals surface area contributed by atoms with E-state index in [-0.39, 0.29) is 0 Å². The number of rotatable bonds is 5. The van der Waals surface area contributed by atoms with Crippen LogP contribution in [0.5, 0.6) is 0 Å². The molecular formula is C28H32N2. The second-order valence-corrected chi connectivity index (χ2v) is 9.11. The SMILES string of the molecule is c1ccc(CN2CCCC3(CCCN3Cc3ccc(-c4ccccc4)cc3)C2)cc1. The third-order valence-electron chi connectivity index (χ3n) is 7.06. The van der Waals surface area contributed by atoms with Crippen LogP contribution in [0.15, 0.2) is 84.9 Å². The van der Waals surface area contributed by atoms with E-state index in [1.807, 2.05) is 0 Å². The second kappa shape index (κ2) is 8.75. The average Bonchev–Trinajstić information content (AvgIpc) is 3.16. The first-order valence-corrected chi connectivity index (χ1v) is 11.5. The molecule has 0 aliphatic carbocycles. The number of likely N-dealkylation sites (tertiary alicyclic amines) is 2. The summed E-state index contributed by atoms with van der Waals surface area (Å²) < 4.78 is 0. The van der Waals surface area contributed by atoms with Crippen molar-refractivity contribution in [2.24, 2.45) is 0 Å². The highest BCUT2D eigenvalue weighted by Crippen LogP contribution is 2.38. The quantitative estimate of drug-likeness (QED) is 0.523. The van der Waals surface area contributed by atoms with Crippen molar-refractivity contribution in [2.75, 3.05) is 19.6 Å². The summed E-state index contributed by atoms with van der Waals surface area (Å²) in [5.41, 5.74) is 5.85. The first kappa shape index (κ1) is 19.5. The lowest BCUT2D eigenvalue weighted by molar-refractivity contribution is 0.0328. The summed E-state index contributed by atoms with van der Waals surface area (Å²) in [6.07, 6.45) is 5.35. The van der Waals surface area contributed by atoms with Gasteiger partial charge in [-0.3, -0.25) is 9.80 Å². The normalized spacial score (nSPS) is 22.5. The monoisotopic (exact) mass is 396 g/mol. The van der Waals surface area contributed by atoms with Crippen LogP contribution in [0.25, 0.3) is 11.1 Å². The Morgan fingerprint density at radius 3 is 1.93 bits per heavy atom. The molecule has 0 saturated carbocycles. The van der Waals surface area contributed by atoms with E-state index < -0.39 is 0 Å². The van der Waals surface area contributed by atoms with Gasteiger partial charge in [-0.15, -0.1) is 0 Å². The molecule has 0 aromatic heterocycles. The molecule has 1 atom stereocenters. The Morgan fingerprint density at radius 2 is 1.20 bits per heavy atom. The Bertz CT molecular complexity index is 935. The molecule has 0 amide bonds. The maximum atomic E-state index is 2.79. The molecule has 5 rings (SSSR count). The van der Waals surface area contributed by atoms with Gasteiger partial charge in [0.1, 0.15) is 0 Å². The fourth-order valence-electron chi connectivity index (χ4n) is 5.54. The fourth-order valence-corrected chi connectivity index (χ4v) is 5.54. The predicted octanol–water partition coefficient (Wildman–Crippen LogP) is 5.98. The Kier molecular flexibility index (Phi) is 5.70. The minimum absolute atomic E-state index is 0.366. The Balaban J connectivity index is 1.27. The highest BCUT2D eigenvalue weighted by Gasteiger charge is 2.43. The van der Waals surface area contributed by atoms with E-state index in [4.69, 9.17) is 0 Å². The highest BCUT2D eigenvalue weighted by molar-refractivity contribution is 5.63. The van der Waals surface area contributed by atoms with Gasteiger partial charge in [0.25, 0.3) is 0 Å². The van der Waals surface area contributed by atoms with Crippen LogP contribution in [0, 0.1) is 0 Å². The van der Waals surface area contributed by atoms with Crippen molar-refractivity contribution in [1.82, 2.24) is 9.80 Å². The first-order valence-electron chi connectivity index (χ1n) is 11.5.